The lowest BCUT2D eigenvalue weighted by Gasteiger charge is -2.04. The summed E-state index contributed by atoms with van der Waals surface area (Å²) in [4.78, 5) is 32.9. The molecule has 0 bridgehead atoms. The predicted molar refractivity (Wildman–Crippen MR) is 70.5 cm³/mol. The largest absolute Gasteiger partial charge is 0.337 e. The van der Waals surface area contributed by atoms with Crippen LogP contribution in [0.4, 0.5) is 0 Å². The van der Waals surface area contributed by atoms with Crippen LogP contribution in [0.3, 0.4) is 0 Å². The van der Waals surface area contributed by atoms with Gasteiger partial charge in [0.05, 0.1) is 22.2 Å². The van der Waals surface area contributed by atoms with Gasteiger partial charge in [-0.3, -0.25) is 19.9 Å². The molecule has 2 amide bonds. The van der Waals surface area contributed by atoms with Crippen LogP contribution in [-0.4, -0.2) is 29.3 Å². The number of nitrogens with zero attached hydrogens (tertiary/aromatic N) is 4. The second-order valence-electron chi connectivity index (χ2n) is 3.89. The van der Waals surface area contributed by atoms with Gasteiger partial charge in [0.25, 0.3) is 5.91 Å². The van der Waals surface area contributed by atoms with Gasteiger partial charge in [0.2, 0.25) is 6.41 Å². The number of nitrogens with one attached hydrogen (secondary N) is 2. The van der Waals surface area contributed by atoms with Gasteiger partial charge >= 0.3 is 0 Å². The van der Waals surface area contributed by atoms with Crippen LogP contribution in [0.15, 0.2) is 17.1 Å². The zero-order valence-corrected chi connectivity index (χ0v) is 10.8. The molecule has 1 heterocycles. The second kappa shape index (κ2) is 5.63. The molecular formula is C13H8N6O2. The molecule has 8 nitrogen and oxygen atoms in total. The topological polar surface area (TPSA) is 135 Å². The lowest BCUT2D eigenvalue weighted by Crippen LogP contribution is -2.30. The van der Waals surface area contributed by atoms with Gasteiger partial charge < -0.3 is 4.98 Å². The van der Waals surface area contributed by atoms with E-state index in [2.05, 4.69) is 15.0 Å². The Labute approximate surface area is 118 Å². The molecule has 2 rings (SSSR count). The summed E-state index contributed by atoms with van der Waals surface area (Å²) in [6, 6.07) is 6.64. The molecule has 21 heavy (non-hydrogen) atoms. The highest BCUT2D eigenvalue weighted by Gasteiger charge is 2.13. The molecule has 2 aromatic rings. The van der Waals surface area contributed by atoms with Gasteiger partial charge in [-0.25, -0.2) is 4.98 Å². The van der Waals surface area contributed by atoms with Crippen molar-refractivity contribution in [3.8, 4) is 12.1 Å². The van der Waals surface area contributed by atoms with Crippen LogP contribution < -0.4 is 10.8 Å². The lowest BCUT2D eigenvalue weighted by molar-refractivity contribution is -0.108. The average Bonchev–Trinajstić information content (AvgIpc) is 2.52. The first-order valence-corrected chi connectivity index (χ1v) is 5.70. The van der Waals surface area contributed by atoms with E-state index in [0.29, 0.717) is 11.0 Å². The Balaban J connectivity index is 2.81. The van der Waals surface area contributed by atoms with Gasteiger partial charge in [-0.15, -0.1) is 0 Å². The average molecular weight is 280 g/mol. The fourth-order valence-electron chi connectivity index (χ4n) is 1.77. The van der Waals surface area contributed by atoms with E-state index in [4.69, 9.17) is 10.5 Å². The van der Waals surface area contributed by atoms with Gasteiger partial charge in [-0.05, 0) is 12.1 Å². The van der Waals surface area contributed by atoms with Crippen LogP contribution in [0, 0.1) is 22.7 Å². The molecule has 2 N–H and O–H groups in total. The van der Waals surface area contributed by atoms with Gasteiger partial charge in [-0.2, -0.15) is 10.5 Å². The van der Waals surface area contributed by atoms with E-state index >= 15 is 0 Å². The van der Waals surface area contributed by atoms with Gasteiger partial charge in [0.15, 0.2) is 11.2 Å². The Bertz CT molecular complexity index is 898. The molecule has 8 heteroatoms. The number of fused-ring (bicyclic) bond motifs is 1. The van der Waals surface area contributed by atoms with Crippen molar-refractivity contribution in [2.75, 3.05) is 7.05 Å². The van der Waals surface area contributed by atoms with Crippen LogP contribution in [-0.2, 0) is 4.79 Å². The number of amides is 2. The summed E-state index contributed by atoms with van der Waals surface area (Å²) in [6.07, 6.45) is 0.243. The molecule has 0 fully saturated rings. The van der Waals surface area contributed by atoms with E-state index in [-0.39, 0.29) is 28.7 Å². The molecule has 102 valence electrons. The third-order valence-electron chi connectivity index (χ3n) is 2.72. The van der Waals surface area contributed by atoms with E-state index in [1.807, 2.05) is 17.5 Å². The number of aromatic nitrogens is 2. The molecular weight excluding hydrogens is 272 g/mol. The van der Waals surface area contributed by atoms with Crippen molar-refractivity contribution < 1.29 is 9.59 Å². The maximum atomic E-state index is 11.7. The molecule has 0 atom stereocenters. The summed E-state index contributed by atoms with van der Waals surface area (Å²) in [6.45, 7) is 0. The monoisotopic (exact) mass is 280 g/mol. The summed E-state index contributed by atoms with van der Waals surface area (Å²) in [5.74, 6) is -0.716. The highest BCUT2D eigenvalue weighted by Crippen LogP contribution is 2.15. The Morgan fingerprint density at radius 1 is 1.38 bits per heavy atom. The van der Waals surface area contributed by atoms with E-state index in [0.717, 1.165) is 0 Å². The van der Waals surface area contributed by atoms with Crippen molar-refractivity contribution in [3.63, 3.8) is 0 Å². The minimum Gasteiger partial charge on any atom is -0.337 e. The van der Waals surface area contributed by atoms with Crippen molar-refractivity contribution in [2.24, 2.45) is 4.99 Å². The molecule has 0 saturated heterocycles. The Kier molecular flexibility index (Phi) is 3.73. The number of H-pyrrole nitrogens is 1. The zero-order valence-electron chi connectivity index (χ0n) is 10.8. The minimum absolute atomic E-state index is 0.0781. The van der Waals surface area contributed by atoms with Crippen molar-refractivity contribution in [1.82, 2.24) is 15.3 Å². The highest BCUT2D eigenvalue weighted by molar-refractivity contribution is 5.99. The first-order valence-electron chi connectivity index (χ1n) is 5.70. The number of hydrogen-bond donors (Lipinski definition) is 2. The van der Waals surface area contributed by atoms with Gasteiger partial charge in [0.1, 0.15) is 12.1 Å². The number of aromatic amines is 1. The van der Waals surface area contributed by atoms with Crippen LogP contribution in [0.1, 0.15) is 21.6 Å². The summed E-state index contributed by atoms with van der Waals surface area (Å²) in [7, 11) is 1.45. The number of imide groups is 1. The Morgan fingerprint density at radius 3 is 2.62 bits per heavy atom. The van der Waals surface area contributed by atoms with Crippen LogP contribution in [0.5, 0.6) is 0 Å². The molecule has 0 unspecified atom stereocenters. The van der Waals surface area contributed by atoms with Crippen molar-refractivity contribution in [3.05, 3.63) is 34.4 Å². The molecule has 1 aromatic carbocycles. The summed E-state index contributed by atoms with van der Waals surface area (Å²) in [5, 5.41) is 19.9. The fraction of sp³-hybridized carbons (Fsp3) is 0.0769. The molecule has 0 spiro atoms. The first kappa shape index (κ1) is 13.9. The van der Waals surface area contributed by atoms with Crippen molar-refractivity contribution >= 4 is 23.4 Å². The van der Waals surface area contributed by atoms with E-state index in [9.17, 15) is 9.59 Å². The minimum atomic E-state index is -0.716. The third-order valence-corrected chi connectivity index (χ3v) is 2.72. The van der Waals surface area contributed by atoms with Crippen LogP contribution in [0.25, 0.3) is 11.0 Å². The third kappa shape index (κ3) is 2.46. The predicted octanol–water partition coefficient (Wildman–Crippen LogP) is -0.277. The summed E-state index contributed by atoms with van der Waals surface area (Å²) < 4.78 is 0. The molecule has 0 radical (unpaired) electrons. The number of carbonyl (C=O) groups is 2. The number of hydrogen-bond acceptors (Lipinski definition) is 6. The Morgan fingerprint density at radius 2 is 2.05 bits per heavy atom. The summed E-state index contributed by atoms with van der Waals surface area (Å²) >= 11 is 0. The molecule has 1 aromatic heterocycles. The number of carbonyl (C=O) groups excluding carboxylic acids is 2. The molecule has 0 aliphatic carbocycles. The Hall–Kier alpha value is -3.52. The lowest BCUT2D eigenvalue weighted by atomic mass is 10.1. The molecule has 0 aliphatic rings. The SMILES string of the molecule is C/N=c1/[nH]c2cc(C#N)c(C#N)cc2nc1C(=O)NC=O. The van der Waals surface area contributed by atoms with Gasteiger partial charge in [-0.1, -0.05) is 0 Å². The first-order chi connectivity index (χ1) is 10.1. The van der Waals surface area contributed by atoms with E-state index in [1.165, 1.54) is 19.2 Å². The van der Waals surface area contributed by atoms with Crippen LogP contribution in [0.2, 0.25) is 0 Å². The van der Waals surface area contributed by atoms with Crippen molar-refractivity contribution in [1.29, 1.82) is 10.5 Å². The maximum Gasteiger partial charge on any atom is 0.280 e. The number of benzene rings is 1. The zero-order chi connectivity index (χ0) is 15.4. The smallest absolute Gasteiger partial charge is 0.280 e. The maximum absolute atomic E-state index is 11.7. The second-order valence-corrected chi connectivity index (χ2v) is 3.89. The molecule has 0 aliphatic heterocycles. The fourth-order valence-corrected chi connectivity index (χ4v) is 1.77. The number of rotatable bonds is 2. The number of nitriles is 2. The van der Waals surface area contributed by atoms with Crippen molar-refractivity contribution in [2.45, 2.75) is 0 Å². The van der Waals surface area contributed by atoms with E-state index < -0.39 is 5.91 Å². The van der Waals surface area contributed by atoms with E-state index in [1.54, 1.807) is 0 Å². The van der Waals surface area contributed by atoms with Crippen LogP contribution >= 0.6 is 0 Å². The highest BCUT2D eigenvalue weighted by atomic mass is 16.2. The summed E-state index contributed by atoms with van der Waals surface area (Å²) in [5.41, 5.74) is 1.19. The van der Waals surface area contributed by atoms with Gasteiger partial charge in [0, 0.05) is 7.05 Å². The molecule has 0 saturated carbocycles. The standard InChI is InChI=1S/C13H8N6O2/c1-16-12-11(13(21)17-6-20)18-9-2-7(4-14)8(5-15)3-10(9)19-12/h2-3,6H,1H3,(H,16,19)(H,17,20,21). The normalized spacial score (nSPS) is 10.7. The quantitative estimate of drug-likeness (QED) is 0.729.